The van der Waals surface area contributed by atoms with E-state index in [0.717, 1.165) is 32.4 Å². The Bertz CT molecular complexity index is 160. The fourth-order valence-electron chi connectivity index (χ4n) is 0.812. The Kier molecular flexibility index (Phi) is 7.41. The Balaban J connectivity index is 2.92. The van der Waals surface area contributed by atoms with Crippen molar-refractivity contribution in [2.24, 2.45) is 0 Å². The number of rotatable bonds is 7. The van der Waals surface area contributed by atoms with Crippen molar-refractivity contribution >= 4 is 5.97 Å². The van der Waals surface area contributed by atoms with Gasteiger partial charge in [0, 0.05) is 19.4 Å². The molecule has 0 saturated heterocycles. The summed E-state index contributed by atoms with van der Waals surface area (Å²) in [5, 5.41) is 11.4. The normalized spacial score (nSPS) is 9.25. The van der Waals surface area contributed by atoms with E-state index in [9.17, 15) is 4.79 Å². The van der Waals surface area contributed by atoms with Gasteiger partial charge in [-0.05, 0) is 19.4 Å². The van der Waals surface area contributed by atoms with Crippen LogP contribution in [0.5, 0.6) is 0 Å². The lowest BCUT2D eigenvalue weighted by Crippen LogP contribution is -2.16. The molecule has 0 aromatic heterocycles. The smallest absolute Gasteiger partial charge is 0.303 e. The number of aliphatic carboxylic acids is 1. The highest BCUT2D eigenvalue weighted by molar-refractivity contribution is 5.66. The molecule has 0 aromatic rings. The van der Waals surface area contributed by atoms with Crippen molar-refractivity contribution in [1.29, 1.82) is 0 Å². The molecular weight excluding hydrogens is 154 g/mol. The molecule has 12 heavy (non-hydrogen) atoms. The summed E-state index contributed by atoms with van der Waals surface area (Å²) in [4.78, 5) is 10.1. The minimum atomic E-state index is -0.723. The summed E-state index contributed by atoms with van der Waals surface area (Å²) < 4.78 is 0. The SMILES string of the molecule is C#CCCNCCCCC(=O)O. The minimum Gasteiger partial charge on any atom is -0.481 e. The number of hydrogen-bond acceptors (Lipinski definition) is 2. The number of carboxylic acids is 1. The zero-order valence-electron chi connectivity index (χ0n) is 7.18. The minimum absolute atomic E-state index is 0.261. The molecule has 3 heteroatoms. The van der Waals surface area contributed by atoms with Gasteiger partial charge in [-0.3, -0.25) is 4.79 Å². The Labute approximate surface area is 73.2 Å². The summed E-state index contributed by atoms with van der Waals surface area (Å²) in [6.45, 7) is 1.68. The second-order valence-corrected chi connectivity index (χ2v) is 2.55. The van der Waals surface area contributed by atoms with Crippen LogP contribution in [-0.4, -0.2) is 24.2 Å². The van der Waals surface area contributed by atoms with Gasteiger partial charge in [0.1, 0.15) is 0 Å². The van der Waals surface area contributed by atoms with Crippen molar-refractivity contribution < 1.29 is 9.90 Å². The van der Waals surface area contributed by atoms with Crippen molar-refractivity contribution in [1.82, 2.24) is 5.32 Å². The van der Waals surface area contributed by atoms with E-state index in [4.69, 9.17) is 11.5 Å². The standard InChI is InChI=1S/C9H15NO2/c1-2-3-7-10-8-5-4-6-9(11)12/h1,10H,3-8H2,(H,11,12). The zero-order valence-corrected chi connectivity index (χ0v) is 7.18. The van der Waals surface area contributed by atoms with E-state index in [1.54, 1.807) is 0 Å². The highest BCUT2D eigenvalue weighted by Crippen LogP contribution is 1.92. The van der Waals surface area contributed by atoms with E-state index < -0.39 is 5.97 Å². The van der Waals surface area contributed by atoms with Gasteiger partial charge in [-0.15, -0.1) is 12.3 Å². The second kappa shape index (κ2) is 8.09. The van der Waals surface area contributed by atoms with Gasteiger partial charge in [-0.2, -0.15) is 0 Å². The zero-order chi connectivity index (χ0) is 9.23. The van der Waals surface area contributed by atoms with Gasteiger partial charge in [-0.25, -0.2) is 0 Å². The molecular formula is C9H15NO2. The molecule has 0 radical (unpaired) electrons. The topological polar surface area (TPSA) is 49.3 Å². The van der Waals surface area contributed by atoms with E-state index in [0.29, 0.717) is 0 Å². The van der Waals surface area contributed by atoms with Crippen LogP contribution in [0, 0.1) is 12.3 Å². The summed E-state index contributed by atoms with van der Waals surface area (Å²) in [7, 11) is 0. The lowest BCUT2D eigenvalue weighted by Gasteiger charge is -2.00. The summed E-state index contributed by atoms with van der Waals surface area (Å²) in [6.07, 6.45) is 7.67. The molecule has 0 unspecified atom stereocenters. The first-order valence-electron chi connectivity index (χ1n) is 4.13. The molecule has 0 amide bonds. The van der Waals surface area contributed by atoms with Crippen molar-refractivity contribution in [3.8, 4) is 12.3 Å². The van der Waals surface area contributed by atoms with Gasteiger partial charge in [0.2, 0.25) is 0 Å². The first-order chi connectivity index (χ1) is 5.77. The lowest BCUT2D eigenvalue weighted by molar-refractivity contribution is -0.137. The van der Waals surface area contributed by atoms with Crippen LogP contribution in [0.4, 0.5) is 0 Å². The molecule has 68 valence electrons. The molecule has 0 aliphatic carbocycles. The fraction of sp³-hybridized carbons (Fsp3) is 0.667. The predicted octanol–water partition coefficient (Wildman–Crippen LogP) is 0.854. The largest absolute Gasteiger partial charge is 0.481 e. The maximum atomic E-state index is 10.1. The van der Waals surface area contributed by atoms with Crippen molar-refractivity contribution in [3.05, 3.63) is 0 Å². The maximum absolute atomic E-state index is 10.1. The van der Waals surface area contributed by atoms with Crippen molar-refractivity contribution in [3.63, 3.8) is 0 Å². The van der Waals surface area contributed by atoms with E-state index in [-0.39, 0.29) is 6.42 Å². The molecule has 2 N–H and O–H groups in total. The number of nitrogens with one attached hydrogen (secondary N) is 1. The quantitative estimate of drug-likeness (QED) is 0.439. The Morgan fingerprint density at radius 3 is 2.75 bits per heavy atom. The Morgan fingerprint density at radius 2 is 2.17 bits per heavy atom. The number of hydrogen-bond donors (Lipinski definition) is 2. The van der Waals surface area contributed by atoms with E-state index in [2.05, 4.69) is 11.2 Å². The van der Waals surface area contributed by atoms with Crippen molar-refractivity contribution in [2.75, 3.05) is 13.1 Å². The molecule has 0 aliphatic heterocycles. The third-order valence-electron chi connectivity index (χ3n) is 1.44. The highest BCUT2D eigenvalue weighted by atomic mass is 16.4. The van der Waals surface area contributed by atoms with Gasteiger partial charge in [0.05, 0.1) is 0 Å². The average molecular weight is 169 g/mol. The predicted molar refractivity (Wildman–Crippen MR) is 47.8 cm³/mol. The molecule has 0 rings (SSSR count). The van der Waals surface area contributed by atoms with Crippen LogP contribution in [0.1, 0.15) is 25.7 Å². The first-order valence-corrected chi connectivity index (χ1v) is 4.13. The van der Waals surface area contributed by atoms with Crippen LogP contribution >= 0.6 is 0 Å². The summed E-state index contributed by atoms with van der Waals surface area (Å²) >= 11 is 0. The van der Waals surface area contributed by atoms with Crippen LogP contribution in [0.25, 0.3) is 0 Å². The Morgan fingerprint density at radius 1 is 1.42 bits per heavy atom. The van der Waals surface area contributed by atoms with Gasteiger partial charge in [0.25, 0.3) is 0 Å². The molecule has 0 heterocycles. The van der Waals surface area contributed by atoms with Crippen LogP contribution < -0.4 is 5.32 Å². The number of terminal acetylenes is 1. The van der Waals surface area contributed by atoms with E-state index in [1.165, 1.54) is 0 Å². The number of carboxylic acid groups (broad SMARTS) is 1. The first kappa shape index (κ1) is 11.0. The van der Waals surface area contributed by atoms with E-state index in [1.807, 2.05) is 0 Å². The third kappa shape index (κ3) is 8.99. The summed E-state index contributed by atoms with van der Waals surface area (Å²) in [5.41, 5.74) is 0. The molecule has 0 atom stereocenters. The third-order valence-corrected chi connectivity index (χ3v) is 1.44. The molecule has 0 saturated carbocycles. The molecule has 0 aromatic carbocycles. The van der Waals surface area contributed by atoms with E-state index >= 15 is 0 Å². The Hall–Kier alpha value is -1.01. The molecule has 0 spiro atoms. The molecule has 0 aliphatic rings. The van der Waals surface area contributed by atoms with Crippen LogP contribution in [0.3, 0.4) is 0 Å². The van der Waals surface area contributed by atoms with Crippen LogP contribution in [0.15, 0.2) is 0 Å². The summed E-state index contributed by atoms with van der Waals surface area (Å²) in [6, 6.07) is 0. The van der Waals surface area contributed by atoms with Gasteiger partial charge < -0.3 is 10.4 Å². The summed E-state index contributed by atoms with van der Waals surface area (Å²) in [5.74, 6) is 1.80. The second-order valence-electron chi connectivity index (χ2n) is 2.55. The number of unbranched alkanes of at least 4 members (excludes halogenated alkanes) is 1. The monoisotopic (exact) mass is 169 g/mol. The molecule has 3 nitrogen and oxygen atoms in total. The maximum Gasteiger partial charge on any atom is 0.303 e. The lowest BCUT2D eigenvalue weighted by atomic mass is 10.2. The van der Waals surface area contributed by atoms with Crippen LogP contribution in [0.2, 0.25) is 0 Å². The molecule has 0 bridgehead atoms. The fourth-order valence-corrected chi connectivity index (χ4v) is 0.812. The van der Waals surface area contributed by atoms with Gasteiger partial charge >= 0.3 is 5.97 Å². The van der Waals surface area contributed by atoms with Crippen molar-refractivity contribution in [2.45, 2.75) is 25.7 Å². The van der Waals surface area contributed by atoms with Crippen LogP contribution in [-0.2, 0) is 4.79 Å². The van der Waals surface area contributed by atoms with Gasteiger partial charge in [0.15, 0.2) is 0 Å². The average Bonchev–Trinajstić information content (AvgIpc) is 2.02. The van der Waals surface area contributed by atoms with Gasteiger partial charge in [-0.1, -0.05) is 0 Å². The molecule has 0 fully saturated rings. The highest BCUT2D eigenvalue weighted by Gasteiger charge is 1.94. The number of carbonyl (C=O) groups is 1.